The SMILES string of the molecule is O=C(CCC(=O)c1ccccc1)Nc1ccc(-c2ccc3nnc(-c4cccnc4)n3n2)cc1. The predicted molar refractivity (Wildman–Crippen MR) is 128 cm³/mol. The molecule has 5 rings (SSSR count). The molecule has 0 spiro atoms. The number of anilines is 1. The summed E-state index contributed by atoms with van der Waals surface area (Å²) in [5, 5.41) is 15.9. The van der Waals surface area contributed by atoms with Gasteiger partial charge in [0.05, 0.1) is 5.69 Å². The van der Waals surface area contributed by atoms with E-state index in [4.69, 9.17) is 0 Å². The van der Waals surface area contributed by atoms with E-state index >= 15 is 0 Å². The van der Waals surface area contributed by atoms with E-state index in [0.29, 0.717) is 22.7 Å². The number of hydrogen-bond donors (Lipinski definition) is 1. The first-order valence-electron chi connectivity index (χ1n) is 10.8. The zero-order valence-electron chi connectivity index (χ0n) is 18.1. The number of pyridine rings is 1. The molecule has 0 atom stereocenters. The van der Waals surface area contributed by atoms with Crippen molar-refractivity contribution in [3.8, 4) is 22.6 Å². The number of carbonyl (C=O) groups is 2. The first-order chi connectivity index (χ1) is 16.7. The van der Waals surface area contributed by atoms with Gasteiger partial charge in [-0.2, -0.15) is 9.61 Å². The van der Waals surface area contributed by atoms with E-state index in [9.17, 15) is 9.59 Å². The van der Waals surface area contributed by atoms with Crippen molar-refractivity contribution < 1.29 is 9.59 Å². The van der Waals surface area contributed by atoms with Gasteiger partial charge in [-0.1, -0.05) is 42.5 Å². The molecule has 1 N–H and O–H groups in total. The minimum absolute atomic E-state index is 0.0489. The van der Waals surface area contributed by atoms with Gasteiger partial charge in [-0.05, 0) is 36.4 Å². The molecular weight excluding hydrogens is 428 g/mol. The third-order valence-corrected chi connectivity index (χ3v) is 5.32. The van der Waals surface area contributed by atoms with Gasteiger partial charge in [-0.3, -0.25) is 14.6 Å². The van der Waals surface area contributed by atoms with E-state index < -0.39 is 0 Å². The summed E-state index contributed by atoms with van der Waals surface area (Å²) in [5.41, 5.74) is 4.35. The molecule has 0 aliphatic heterocycles. The molecule has 8 nitrogen and oxygen atoms in total. The predicted octanol–water partition coefficient (Wildman–Crippen LogP) is 4.45. The topological polar surface area (TPSA) is 102 Å². The number of nitrogens with one attached hydrogen (secondary N) is 1. The van der Waals surface area contributed by atoms with Crippen molar-refractivity contribution in [1.82, 2.24) is 24.8 Å². The van der Waals surface area contributed by atoms with Crippen molar-refractivity contribution in [2.75, 3.05) is 5.32 Å². The van der Waals surface area contributed by atoms with Crippen molar-refractivity contribution in [2.45, 2.75) is 12.8 Å². The summed E-state index contributed by atoms with van der Waals surface area (Å²) in [5.74, 6) is 0.355. The summed E-state index contributed by atoms with van der Waals surface area (Å²) in [7, 11) is 0. The Bertz CT molecular complexity index is 1450. The molecule has 1 amide bonds. The summed E-state index contributed by atoms with van der Waals surface area (Å²) in [6.45, 7) is 0. The Kier molecular flexibility index (Phi) is 5.85. The third-order valence-electron chi connectivity index (χ3n) is 5.32. The van der Waals surface area contributed by atoms with Gasteiger partial charge >= 0.3 is 0 Å². The molecule has 2 aromatic carbocycles. The van der Waals surface area contributed by atoms with Gasteiger partial charge in [0.2, 0.25) is 5.91 Å². The molecule has 8 heteroatoms. The minimum atomic E-state index is -0.206. The highest BCUT2D eigenvalue weighted by molar-refractivity contribution is 6.00. The number of Topliss-reactive ketones (excluding diaryl/α,β-unsaturated/α-hetero) is 1. The Labute approximate surface area is 195 Å². The lowest BCUT2D eigenvalue weighted by Gasteiger charge is -2.07. The standard InChI is InChI=1S/C26H20N6O2/c33-23(19-5-2-1-3-6-19)13-15-25(34)28-21-10-8-18(9-11-21)22-12-14-24-29-30-26(32(24)31-22)20-7-4-16-27-17-20/h1-12,14,16-17H,13,15H2,(H,28,34). The highest BCUT2D eigenvalue weighted by Gasteiger charge is 2.12. The first kappa shape index (κ1) is 21.1. The highest BCUT2D eigenvalue weighted by atomic mass is 16.2. The van der Waals surface area contributed by atoms with Gasteiger partial charge in [0.1, 0.15) is 0 Å². The van der Waals surface area contributed by atoms with Crippen molar-refractivity contribution >= 4 is 23.0 Å². The fourth-order valence-electron chi connectivity index (χ4n) is 3.56. The quantitative estimate of drug-likeness (QED) is 0.369. The fraction of sp³-hybridized carbons (Fsp3) is 0.0769. The van der Waals surface area contributed by atoms with Crippen LogP contribution in [0, 0.1) is 0 Å². The Morgan fingerprint density at radius 1 is 0.794 bits per heavy atom. The molecule has 3 heterocycles. The second-order valence-corrected chi connectivity index (χ2v) is 7.67. The Hall–Kier alpha value is -4.72. The van der Waals surface area contributed by atoms with Crippen LogP contribution in [0.15, 0.2) is 91.3 Å². The zero-order valence-corrected chi connectivity index (χ0v) is 18.1. The molecule has 34 heavy (non-hydrogen) atoms. The maximum atomic E-state index is 12.3. The summed E-state index contributed by atoms with van der Waals surface area (Å²) in [6, 6.07) is 23.8. The second kappa shape index (κ2) is 9.41. The summed E-state index contributed by atoms with van der Waals surface area (Å²) in [6.07, 6.45) is 3.71. The number of fused-ring (bicyclic) bond motifs is 1. The van der Waals surface area contributed by atoms with E-state index in [1.54, 1.807) is 29.0 Å². The number of amides is 1. The number of carbonyl (C=O) groups excluding carboxylic acids is 2. The molecule has 166 valence electrons. The molecule has 0 aliphatic rings. The van der Waals surface area contributed by atoms with Gasteiger partial charge in [0, 0.05) is 47.6 Å². The number of ketones is 1. The molecule has 0 unspecified atom stereocenters. The average Bonchev–Trinajstić information content (AvgIpc) is 3.32. The molecule has 0 saturated carbocycles. The van der Waals surface area contributed by atoms with Crippen molar-refractivity contribution in [2.24, 2.45) is 0 Å². The van der Waals surface area contributed by atoms with E-state index in [1.165, 1.54) is 0 Å². The van der Waals surface area contributed by atoms with E-state index in [1.807, 2.05) is 66.7 Å². The summed E-state index contributed by atoms with van der Waals surface area (Å²) < 4.78 is 1.69. The number of benzene rings is 2. The second-order valence-electron chi connectivity index (χ2n) is 7.67. The minimum Gasteiger partial charge on any atom is -0.326 e. The van der Waals surface area contributed by atoms with Crippen molar-refractivity contribution in [3.05, 3.63) is 96.8 Å². The Morgan fingerprint density at radius 2 is 1.62 bits per heavy atom. The van der Waals surface area contributed by atoms with Crippen LogP contribution in [0.5, 0.6) is 0 Å². The van der Waals surface area contributed by atoms with Gasteiger partial charge in [-0.15, -0.1) is 10.2 Å². The molecule has 3 aromatic heterocycles. The van der Waals surface area contributed by atoms with Crippen LogP contribution in [0.2, 0.25) is 0 Å². The van der Waals surface area contributed by atoms with Crippen LogP contribution in [0.25, 0.3) is 28.3 Å². The largest absolute Gasteiger partial charge is 0.326 e. The number of aromatic nitrogens is 5. The molecular formula is C26H20N6O2. The van der Waals surface area contributed by atoms with Crippen LogP contribution in [-0.2, 0) is 4.79 Å². The number of hydrogen-bond acceptors (Lipinski definition) is 6. The smallest absolute Gasteiger partial charge is 0.224 e. The van der Waals surface area contributed by atoms with Crippen LogP contribution in [0.3, 0.4) is 0 Å². The molecule has 0 radical (unpaired) electrons. The first-order valence-corrected chi connectivity index (χ1v) is 10.8. The zero-order chi connectivity index (χ0) is 23.3. The lowest BCUT2D eigenvalue weighted by atomic mass is 10.1. The maximum absolute atomic E-state index is 12.3. The number of nitrogens with zero attached hydrogens (tertiary/aromatic N) is 5. The number of rotatable bonds is 7. The van der Waals surface area contributed by atoms with Crippen LogP contribution >= 0.6 is 0 Å². The van der Waals surface area contributed by atoms with Crippen molar-refractivity contribution in [3.63, 3.8) is 0 Å². The highest BCUT2D eigenvalue weighted by Crippen LogP contribution is 2.22. The van der Waals surface area contributed by atoms with E-state index in [0.717, 1.165) is 16.8 Å². The average molecular weight is 448 g/mol. The lowest BCUT2D eigenvalue weighted by Crippen LogP contribution is -2.13. The van der Waals surface area contributed by atoms with Crippen LogP contribution in [-0.4, -0.2) is 36.5 Å². The van der Waals surface area contributed by atoms with Crippen LogP contribution in [0.4, 0.5) is 5.69 Å². The molecule has 0 aliphatic carbocycles. The van der Waals surface area contributed by atoms with Crippen LogP contribution < -0.4 is 5.32 Å². The van der Waals surface area contributed by atoms with E-state index in [2.05, 4.69) is 25.6 Å². The molecule has 5 aromatic rings. The monoisotopic (exact) mass is 448 g/mol. The molecule has 0 fully saturated rings. The van der Waals surface area contributed by atoms with E-state index in [-0.39, 0.29) is 24.5 Å². The van der Waals surface area contributed by atoms with Gasteiger partial charge in [0.15, 0.2) is 17.3 Å². The molecule has 0 saturated heterocycles. The Balaban J connectivity index is 1.27. The lowest BCUT2D eigenvalue weighted by molar-refractivity contribution is -0.116. The maximum Gasteiger partial charge on any atom is 0.224 e. The molecule has 0 bridgehead atoms. The van der Waals surface area contributed by atoms with Gasteiger partial charge in [-0.25, -0.2) is 0 Å². The summed E-state index contributed by atoms with van der Waals surface area (Å²) in [4.78, 5) is 28.6. The Morgan fingerprint density at radius 3 is 2.38 bits per heavy atom. The van der Waals surface area contributed by atoms with Gasteiger partial charge in [0.25, 0.3) is 0 Å². The normalized spacial score (nSPS) is 10.8. The van der Waals surface area contributed by atoms with Crippen molar-refractivity contribution in [1.29, 1.82) is 0 Å². The van der Waals surface area contributed by atoms with Crippen LogP contribution in [0.1, 0.15) is 23.2 Å². The van der Waals surface area contributed by atoms with Gasteiger partial charge < -0.3 is 5.32 Å². The fourth-order valence-corrected chi connectivity index (χ4v) is 3.56. The third kappa shape index (κ3) is 4.56. The summed E-state index contributed by atoms with van der Waals surface area (Å²) >= 11 is 0.